The molecule has 0 saturated carbocycles. The number of aromatic nitrogens is 3. The Balaban J connectivity index is 1.39. The lowest BCUT2D eigenvalue weighted by atomic mass is 9.92. The van der Waals surface area contributed by atoms with Gasteiger partial charge >= 0.3 is 6.01 Å². The van der Waals surface area contributed by atoms with Crippen molar-refractivity contribution in [3.8, 4) is 23.0 Å². The van der Waals surface area contributed by atoms with Crippen molar-refractivity contribution in [2.75, 3.05) is 57.5 Å². The summed E-state index contributed by atoms with van der Waals surface area (Å²) in [6.07, 6.45) is 2.98. The van der Waals surface area contributed by atoms with E-state index in [9.17, 15) is 19.0 Å². The number of ether oxygens (including phenoxy) is 2. The van der Waals surface area contributed by atoms with Gasteiger partial charge in [-0.25, -0.2) is 13.2 Å². The van der Waals surface area contributed by atoms with E-state index in [2.05, 4.69) is 14.9 Å². The molecule has 3 saturated heterocycles. The number of hydrogen-bond donors (Lipinski definition) is 2. The van der Waals surface area contributed by atoms with E-state index in [-0.39, 0.29) is 41.7 Å². The van der Waals surface area contributed by atoms with Crippen LogP contribution in [0.3, 0.4) is 0 Å². The van der Waals surface area contributed by atoms with Gasteiger partial charge in [-0.15, -0.1) is 0 Å². The minimum Gasteiger partial charge on any atom is -0.508 e. The molecule has 2 aromatic heterocycles. The number of phenolic OH excluding ortho intramolecular Hbond substituents is 1. The molecule has 0 spiro atoms. The molecule has 2 N–H and O–H groups in total. The Morgan fingerprint density at radius 2 is 2.02 bits per heavy atom. The van der Waals surface area contributed by atoms with Crippen LogP contribution < -0.4 is 9.64 Å². The standard InChI is InChI=1S/C34H38F3N5O4/c1-3-23-26(36)6-5-20-11-22(44)12-24(27(20)23)29-28(37)30-25(14-38-29)31(41-9-10-45-18-33(2,16-41)17-43)40-32(39-30)46-19-34-7-4-8-42(34)15-21(35)13-34/h5-6,11-12,14,21,43-44H,3-4,7-10,13,15-19H2,1-2H3/t21-,33?,34+/m1/s1. The van der Waals surface area contributed by atoms with Crippen molar-refractivity contribution in [2.45, 2.75) is 51.2 Å². The first kappa shape index (κ1) is 30.9. The van der Waals surface area contributed by atoms with Crippen LogP contribution >= 0.6 is 0 Å². The Morgan fingerprint density at radius 3 is 2.83 bits per heavy atom. The summed E-state index contributed by atoms with van der Waals surface area (Å²) in [6.45, 7) is 6.40. The summed E-state index contributed by atoms with van der Waals surface area (Å²) in [7, 11) is 0. The summed E-state index contributed by atoms with van der Waals surface area (Å²) in [5, 5.41) is 22.1. The fourth-order valence-corrected chi connectivity index (χ4v) is 7.55. The molecule has 244 valence electrons. The lowest BCUT2D eigenvalue weighted by Crippen LogP contribution is -2.43. The van der Waals surface area contributed by atoms with Crippen molar-refractivity contribution >= 4 is 27.5 Å². The number of aromatic hydroxyl groups is 1. The topological polar surface area (TPSA) is 104 Å². The number of benzene rings is 2. The number of alkyl halides is 1. The Labute approximate surface area is 265 Å². The average Bonchev–Trinajstić information content (AvgIpc) is 3.49. The molecule has 0 aliphatic carbocycles. The van der Waals surface area contributed by atoms with Crippen LogP contribution in [0.5, 0.6) is 11.8 Å². The van der Waals surface area contributed by atoms with E-state index in [0.717, 1.165) is 19.4 Å². The molecule has 3 aliphatic rings. The van der Waals surface area contributed by atoms with Crippen molar-refractivity contribution in [1.82, 2.24) is 19.9 Å². The van der Waals surface area contributed by atoms with E-state index in [1.165, 1.54) is 24.4 Å². The molecule has 4 aromatic rings. The normalized spacial score (nSPS) is 25.3. The number of aryl methyl sites for hydroxylation is 1. The fourth-order valence-electron chi connectivity index (χ4n) is 7.55. The van der Waals surface area contributed by atoms with Crippen molar-refractivity contribution in [3.63, 3.8) is 0 Å². The molecule has 0 radical (unpaired) electrons. The highest BCUT2D eigenvalue weighted by Gasteiger charge is 2.49. The van der Waals surface area contributed by atoms with Gasteiger partial charge in [-0.1, -0.05) is 19.9 Å². The zero-order valence-electron chi connectivity index (χ0n) is 26.0. The number of hydrogen-bond acceptors (Lipinski definition) is 9. The van der Waals surface area contributed by atoms with Crippen LogP contribution in [0.2, 0.25) is 0 Å². The van der Waals surface area contributed by atoms with Gasteiger partial charge in [0.2, 0.25) is 0 Å². The van der Waals surface area contributed by atoms with Crippen LogP contribution in [0.25, 0.3) is 32.9 Å². The number of anilines is 1. The molecule has 2 aromatic carbocycles. The zero-order chi connectivity index (χ0) is 32.2. The van der Waals surface area contributed by atoms with Gasteiger partial charge in [0.15, 0.2) is 5.82 Å². The third-order valence-electron chi connectivity index (χ3n) is 9.85. The summed E-state index contributed by atoms with van der Waals surface area (Å²) < 4.78 is 58.3. The van der Waals surface area contributed by atoms with Crippen LogP contribution in [0.15, 0.2) is 30.5 Å². The van der Waals surface area contributed by atoms with Crippen LogP contribution in [0.1, 0.15) is 38.7 Å². The molecule has 7 rings (SSSR count). The lowest BCUT2D eigenvalue weighted by Gasteiger charge is -2.32. The summed E-state index contributed by atoms with van der Waals surface area (Å²) in [5.41, 5.74) is -0.595. The molecule has 5 heterocycles. The molecule has 3 atom stereocenters. The molecule has 46 heavy (non-hydrogen) atoms. The van der Waals surface area contributed by atoms with Gasteiger partial charge < -0.3 is 24.6 Å². The van der Waals surface area contributed by atoms with Gasteiger partial charge in [0.1, 0.15) is 41.4 Å². The SMILES string of the molecule is CCc1c(F)ccc2cc(O)cc(-c3ncc4c(N5CCOCC(C)(CO)C5)nc(OC[C@@]56CCCN5C[C@H](F)C6)nc4c3F)c12. The van der Waals surface area contributed by atoms with E-state index < -0.39 is 28.8 Å². The highest BCUT2D eigenvalue weighted by Crippen LogP contribution is 2.42. The minimum atomic E-state index is -0.939. The third kappa shape index (κ3) is 5.29. The Kier molecular flexibility index (Phi) is 7.93. The summed E-state index contributed by atoms with van der Waals surface area (Å²) in [6, 6.07) is 5.73. The minimum absolute atomic E-state index is 0.0534. The molecular formula is C34H38F3N5O4. The fraction of sp³-hybridized carbons (Fsp3) is 0.500. The predicted octanol–water partition coefficient (Wildman–Crippen LogP) is 5.18. The predicted molar refractivity (Wildman–Crippen MR) is 168 cm³/mol. The molecule has 9 nitrogen and oxygen atoms in total. The zero-order valence-corrected chi connectivity index (χ0v) is 26.0. The van der Waals surface area contributed by atoms with Gasteiger partial charge in [0, 0.05) is 43.2 Å². The summed E-state index contributed by atoms with van der Waals surface area (Å²) in [4.78, 5) is 17.9. The number of rotatable bonds is 7. The van der Waals surface area contributed by atoms with Crippen molar-refractivity contribution in [1.29, 1.82) is 0 Å². The van der Waals surface area contributed by atoms with E-state index in [1.807, 2.05) is 18.7 Å². The number of halogens is 3. The largest absolute Gasteiger partial charge is 0.508 e. The van der Waals surface area contributed by atoms with Crippen molar-refractivity contribution in [3.05, 3.63) is 47.7 Å². The summed E-state index contributed by atoms with van der Waals surface area (Å²) >= 11 is 0. The van der Waals surface area contributed by atoms with Crippen LogP contribution in [-0.4, -0.2) is 94.4 Å². The second-order valence-corrected chi connectivity index (χ2v) is 13.3. The van der Waals surface area contributed by atoms with Crippen molar-refractivity contribution < 1.29 is 32.9 Å². The second kappa shape index (κ2) is 11.8. The Bertz CT molecular complexity index is 1810. The number of fused-ring (bicyclic) bond motifs is 3. The highest BCUT2D eigenvalue weighted by molar-refractivity contribution is 6.01. The molecule has 3 aliphatic heterocycles. The maximum Gasteiger partial charge on any atom is 0.319 e. The van der Waals surface area contributed by atoms with Gasteiger partial charge in [0.25, 0.3) is 0 Å². The quantitative estimate of drug-likeness (QED) is 0.284. The maximum atomic E-state index is 16.9. The van der Waals surface area contributed by atoms with E-state index in [0.29, 0.717) is 73.2 Å². The van der Waals surface area contributed by atoms with Gasteiger partial charge in [-0.2, -0.15) is 9.97 Å². The highest BCUT2D eigenvalue weighted by atomic mass is 19.1. The number of aliphatic hydroxyl groups excluding tert-OH is 1. The maximum absolute atomic E-state index is 16.9. The number of phenols is 1. The van der Waals surface area contributed by atoms with Gasteiger partial charge in [-0.05, 0) is 60.3 Å². The average molecular weight is 638 g/mol. The first-order chi connectivity index (χ1) is 22.1. The molecule has 3 fully saturated rings. The number of pyridine rings is 1. The molecular weight excluding hydrogens is 599 g/mol. The summed E-state index contributed by atoms with van der Waals surface area (Å²) in [5.74, 6) is -0.937. The molecule has 0 bridgehead atoms. The molecule has 12 heteroatoms. The molecule has 0 amide bonds. The van der Waals surface area contributed by atoms with Crippen LogP contribution in [0.4, 0.5) is 19.0 Å². The Morgan fingerprint density at radius 1 is 1.17 bits per heavy atom. The third-order valence-corrected chi connectivity index (χ3v) is 9.85. The smallest absolute Gasteiger partial charge is 0.319 e. The number of aliphatic hydroxyl groups is 1. The van der Waals surface area contributed by atoms with E-state index >= 15 is 4.39 Å². The lowest BCUT2D eigenvalue weighted by molar-refractivity contribution is 0.0406. The number of nitrogens with zero attached hydrogens (tertiary/aromatic N) is 5. The van der Waals surface area contributed by atoms with Gasteiger partial charge in [0.05, 0.1) is 30.7 Å². The molecule has 1 unspecified atom stereocenters. The van der Waals surface area contributed by atoms with Gasteiger partial charge in [-0.3, -0.25) is 9.88 Å². The van der Waals surface area contributed by atoms with Crippen LogP contribution in [0, 0.1) is 17.0 Å². The van der Waals surface area contributed by atoms with Crippen molar-refractivity contribution in [2.24, 2.45) is 5.41 Å². The first-order valence-electron chi connectivity index (χ1n) is 15.9. The first-order valence-corrected chi connectivity index (χ1v) is 15.9. The monoisotopic (exact) mass is 637 g/mol. The Hall–Kier alpha value is -3.74. The van der Waals surface area contributed by atoms with E-state index in [1.54, 1.807) is 6.07 Å². The van der Waals surface area contributed by atoms with Crippen LogP contribution in [-0.2, 0) is 11.2 Å². The van der Waals surface area contributed by atoms with E-state index in [4.69, 9.17) is 14.5 Å². The second-order valence-electron chi connectivity index (χ2n) is 13.3.